The standard InChI is InChI=1S/C48H32N2O/c1-48(34-16-6-3-7-17-34)41-22-12-10-19-36(41)37-26-24-33(29-42(37)48)43-30-44(50-47(49-43)31-14-4-2-5-15-31)38-20-9-8-18-35(38)32-25-27-46-40(28-32)39-21-11-13-23-45(39)51-46/h2-30H,1H3. The largest absolute Gasteiger partial charge is 0.456 e. The maximum atomic E-state index is 6.16. The molecule has 0 aliphatic heterocycles. The molecule has 2 heterocycles. The zero-order chi connectivity index (χ0) is 33.9. The van der Waals surface area contributed by atoms with Gasteiger partial charge in [0.1, 0.15) is 11.2 Å². The molecule has 1 unspecified atom stereocenters. The molecule has 10 rings (SSSR count). The number of hydrogen-bond donors (Lipinski definition) is 0. The second-order valence-corrected chi connectivity index (χ2v) is 13.5. The molecule has 0 saturated carbocycles. The van der Waals surface area contributed by atoms with Gasteiger partial charge in [-0.3, -0.25) is 0 Å². The Morgan fingerprint density at radius 2 is 1.04 bits per heavy atom. The van der Waals surface area contributed by atoms with E-state index in [0.29, 0.717) is 5.82 Å². The van der Waals surface area contributed by atoms with Gasteiger partial charge in [0.2, 0.25) is 0 Å². The van der Waals surface area contributed by atoms with Crippen molar-refractivity contribution in [3.05, 3.63) is 193 Å². The maximum absolute atomic E-state index is 6.16. The number of benzene rings is 7. The number of nitrogens with zero attached hydrogens (tertiary/aromatic N) is 2. The molecule has 0 amide bonds. The van der Waals surface area contributed by atoms with E-state index in [1.54, 1.807) is 0 Å². The second-order valence-electron chi connectivity index (χ2n) is 13.5. The summed E-state index contributed by atoms with van der Waals surface area (Å²) in [6.07, 6.45) is 0. The van der Waals surface area contributed by atoms with Crippen molar-refractivity contribution in [2.75, 3.05) is 0 Å². The first-order chi connectivity index (χ1) is 25.1. The van der Waals surface area contributed by atoms with Gasteiger partial charge in [-0.2, -0.15) is 0 Å². The molecule has 0 N–H and O–H groups in total. The van der Waals surface area contributed by atoms with E-state index >= 15 is 0 Å². The van der Waals surface area contributed by atoms with Gasteiger partial charge in [-0.25, -0.2) is 9.97 Å². The van der Waals surface area contributed by atoms with Gasteiger partial charge in [-0.1, -0.05) is 146 Å². The van der Waals surface area contributed by atoms with E-state index in [-0.39, 0.29) is 5.41 Å². The Labute approximate surface area is 296 Å². The Hall–Kier alpha value is -6.58. The van der Waals surface area contributed by atoms with Gasteiger partial charge in [-0.05, 0) is 76.2 Å². The molecule has 0 spiro atoms. The summed E-state index contributed by atoms with van der Waals surface area (Å²) in [7, 11) is 0. The van der Waals surface area contributed by atoms with Crippen LogP contribution in [0.3, 0.4) is 0 Å². The van der Waals surface area contributed by atoms with Crippen LogP contribution in [0.25, 0.3) is 78.1 Å². The third kappa shape index (κ3) is 4.66. The Balaban J connectivity index is 1.17. The molecule has 51 heavy (non-hydrogen) atoms. The van der Waals surface area contributed by atoms with Crippen LogP contribution in [0.2, 0.25) is 0 Å². The third-order valence-corrected chi connectivity index (χ3v) is 10.6. The summed E-state index contributed by atoms with van der Waals surface area (Å²) in [6, 6.07) is 62.2. The molecule has 3 nitrogen and oxygen atoms in total. The van der Waals surface area contributed by atoms with Crippen molar-refractivity contribution in [3.63, 3.8) is 0 Å². The van der Waals surface area contributed by atoms with Crippen LogP contribution in [-0.4, -0.2) is 9.97 Å². The Morgan fingerprint density at radius 3 is 1.88 bits per heavy atom. The lowest BCUT2D eigenvalue weighted by Gasteiger charge is -2.28. The summed E-state index contributed by atoms with van der Waals surface area (Å²) in [5.41, 5.74) is 15.0. The highest BCUT2D eigenvalue weighted by atomic mass is 16.3. The summed E-state index contributed by atoms with van der Waals surface area (Å²) in [5.74, 6) is 0.698. The van der Waals surface area contributed by atoms with Crippen LogP contribution in [0, 0.1) is 0 Å². The van der Waals surface area contributed by atoms with E-state index in [0.717, 1.165) is 61.1 Å². The molecule has 240 valence electrons. The number of para-hydroxylation sites is 1. The average Bonchev–Trinajstić information content (AvgIpc) is 3.71. The number of aromatic nitrogens is 2. The lowest BCUT2D eigenvalue weighted by Crippen LogP contribution is -2.22. The lowest BCUT2D eigenvalue weighted by atomic mass is 9.74. The SMILES string of the molecule is CC1(c2ccccc2)c2ccccc2-c2ccc(-c3cc(-c4ccccc4-c4ccc5oc6ccccc6c5c4)nc(-c4ccccc4)n3)cc21. The van der Waals surface area contributed by atoms with E-state index in [1.165, 1.54) is 27.8 Å². The predicted octanol–water partition coefficient (Wildman–Crippen LogP) is 12.4. The lowest BCUT2D eigenvalue weighted by molar-refractivity contribution is 0.669. The molecule has 7 aromatic carbocycles. The van der Waals surface area contributed by atoms with Crippen molar-refractivity contribution in [3.8, 4) is 56.2 Å². The van der Waals surface area contributed by atoms with Crippen LogP contribution in [0.15, 0.2) is 180 Å². The van der Waals surface area contributed by atoms with Gasteiger partial charge < -0.3 is 4.42 Å². The number of fused-ring (bicyclic) bond motifs is 6. The van der Waals surface area contributed by atoms with Crippen LogP contribution in [0.4, 0.5) is 0 Å². The molecular formula is C48H32N2O. The quantitative estimate of drug-likeness (QED) is 0.186. The van der Waals surface area contributed by atoms with Gasteiger partial charge in [-0.15, -0.1) is 0 Å². The molecule has 0 bridgehead atoms. The molecule has 1 aliphatic rings. The summed E-state index contributed by atoms with van der Waals surface area (Å²) in [4.78, 5) is 10.5. The fourth-order valence-electron chi connectivity index (χ4n) is 8.03. The Morgan fingerprint density at radius 1 is 0.412 bits per heavy atom. The minimum atomic E-state index is -0.302. The van der Waals surface area contributed by atoms with Gasteiger partial charge in [0.05, 0.1) is 11.4 Å². The zero-order valence-corrected chi connectivity index (χ0v) is 28.0. The Kier molecular flexibility index (Phi) is 6.62. The number of hydrogen-bond acceptors (Lipinski definition) is 3. The first kappa shape index (κ1) is 29.3. The molecule has 9 aromatic rings. The minimum Gasteiger partial charge on any atom is -0.456 e. The van der Waals surface area contributed by atoms with E-state index in [4.69, 9.17) is 14.4 Å². The van der Waals surface area contributed by atoms with Gasteiger partial charge in [0, 0.05) is 32.9 Å². The molecule has 0 radical (unpaired) electrons. The molecule has 0 fully saturated rings. The van der Waals surface area contributed by atoms with E-state index < -0.39 is 0 Å². The maximum Gasteiger partial charge on any atom is 0.160 e. The summed E-state index contributed by atoms with van der Waals surface area (Å²) in [5, 5.41) is 2.22. The van der Waals surface area contributed by atoms with Crippen LogP contribution in [0.5, 0.6) is 0 Å². The average molecular weight is 653 g/mol. The smallest absolute Gasteiger partial charge is 0.160 e. The van der Waals surface area contributed by atoms with E-state index in [1.807, 2.05) is 30.3 Å². The normalized spacial score (nSPS) is 14.8. The highest BCUT2D eigenvalue weighted by Crippen LogP contribution is 2.53. The molecule has 3 heteroatoms. The van der Waals surface area contributed by atoms with Gasteiger partial charge >= 0.3 is 0 Å². The van der Waals surface area contributed by atoms with Crippen LogP contribution in [-0.2, 0) is 5.41 Å². The fourth-order valence-corrected chi connectivity index (χ4v) is 8.03. The van der Waals surface area contributed by atoms with Crippen LogP contribution < -0.4 is 0 Å². The van der Waals surface area contributed by atoms with Crippen molar-refractivity contribution in [2.45, 2.75) is 12.3 Å². The van der Waals surface area contributed by atoms with Crippen molar-refractivity contribution < 1.29 is 4.42 Å². The van der Waals surface area contributed by atoms with Crippen molar-refractivity contribution in [2.24, 2.45) is 0 Å². The number of rotatable bonds is 5. The molecule has 2 aromatic heterocycles. The first-order valence-electron chi connectivity index (χ1n) is 17.4. The van der Waals surface area contributed by atoms with Crippen molar-refractivity contribution >= 4 is 21.9 Å². The zero-order valence-electron chi connectivity index (χ0n) is 28.0. The molecule has 0 saturated heterocycles. The summed E-state index contributed by atoms with van der Waals surface area (Å²) in [6.45, 7) is 2.36. The molecule has 1 aliphatic carbocycles. The van der Waals surface area contributed by atoms with E-state index in [9.17, 15) is 0 Å². The predicted molar refractivity (Wildman–Crippen MR) is 208 cm³/mol. The van der Waals surface area contributed by atoms with Crippen molar-refractivity contribution in [1.82, 2.24) is 9.97 Å². The topological polar surface area (TPSA) is 38.9 Å². The van der Waals surface area contributed by atoms with Gasteiger partial charge in [0.25, 0.3) is 0 Å². The number of furan rings is 1. The minimum absolute atomic E-state index is 0.302. The summed E-state index contributed by atoms with van der Waals surface area (Å²) >= 11 is 0. The highest BCUT2D eigenvalue weighted by Gasteiger charge is 2.40. The fraction of sp³-hybridized carbons (Fsp3) is 0.0417. The van der Waals surface area contributed by atoms with Crippen LogP contribution in [0.1, 0.15) is 23.6 Å². The molecule has 1 atom stereocenters. The molecular weight excluding hydrogens is 621 g/mol. The highest BCUT2D eigenvalue weighted by molar-refractivity contribution is 6.06. The summed E-state index contributed by atoms with van der Waals surface area (Å²) < 4.78 is 6.16. The third-order valence-electron chi connectivity index (χ3n) is 10.6. The van der Waals surface area contributed by atoms with Gasteiger partial charge in [0.15, 0.2) is 5.82 Å². The first-order valence-corrected chi connectivity index (χ1v) is 17.4. The Bertz CT molecular complexity index is 2760. The van der Waals surface area contributed by atoms with E-state index in [2.05, 4.69) is 153 Å². The second kappa shape index (κ2) is 11.5. The van der Waals surface area contributed by atoms with Crippen LogP contribution >= 0.6 is 0 Å². The monoisotopic (exact) mass is 652 g/mol. The van der Waals surface area contributed by atoms with Crippen molar-refractivity contribution in [1.29, 1.82) is 0 Å².